The van der Waals surface area contributed by atoms with Crippen molar-refractivity contribution in [3.05, 3.63) is 51.9 Å². The summed E-state index contributed by atoms with van der Waals surface area (Å²) in [6, 6.07) is 5.99. The summed E-state index contributed by atoms with van der Waals surface area (Å²) in [6.45, 7) is 1.54. The van der Waals surface area contributed by atoms with Crippen LogP contribution < -0.4 is 15.6 Å². The largest absolute Gasteiger partial charge is 0.497 e. The molecule has 0 spiro atoms. The Balaban J connectivity index is 2.15. The number of halogens is 3. The maximum absolute atomic E-state index is 13.6. The predicted octanol–water partition coefficient (Wildman–Crippen LogP) is 2.70. The molecule has 0 saturated heterocycles. The third-order valence-corrected chi connectivity index (χ3v) is 4.27. The molecule has 1 aromatic heterocycles. The van der Waals surface area contributed by atoms with Crippen LogP contribution in [0.25, 0.3) is 0 Å². The van der Waals surface area contributed by atoms with Crippen LogP contribution >= 0.6 is 0 Å². The average molecular weight is 443 g/mol. The van der Waals surface area contributed by atoms with Gasteiger partial charge in [0.15, 0.2) is 0 Å². The van der Waals surface area contributed by atoms with Crippen molar-refractivity contribution in [2.75, 3.05) is 32.8 Å². The predicted molar refractivity (Wildman–Crippen MR) is 106 cm³/mol. The number of anilines is 1. The number of benzene rings is 1. The highest BCUT2D eigenvalue weighted by molar-refractivity contribution is 5.69. The number of alkyl halides is 3. The van der Waals surface area contributed by atoms with Gasteiger partial charge in [0, 0.05) is 6.04 Å². The van der Waals surface area contributed by atoms with E-state index in [-0.39, 0.29) is 26.2 Å². The first-order valence-corrected chi connectivity index (χ1v) is 9.37. The normalized spacial score (nSPS) is 12.3. The summed E-state index contributed by atoms with van der Waals surface area (Å²) in [5.74, 6) is 0.131. The minimum Gasteiger partial charge on any atom is -0.497 e. The second kappa shape index (κ2) is 10.8. The van der Waals surface area contributed by atoms with Crippen LogP contribution in [-0.4, -0.2) is 49.2 Å². The molecule has 2 aromatic rings. The van der Waals surface area contributed by atoms with Gasteiger partial charge in [0.1, 0.15) is 11.3 Å². The molecule has 31 heavy (non-hydrogen) atoms. The summed E-state index contributed by atoms with van der Waals surface area (Å²) in [7, 11) is 2.74. The second-order valence-corrected chi connectivity index (χ2v) is 6.69. The van der Waals surface area contributed by atoms with Gasteiger partial charge in [0.05, 0.1) is 52.3 Å². The lowest BCUT2D eigenvalue weighted by Gasteiger charge is -2.19. The van der Waals surface area contributed by atoms with Crippen LogP contribution in [0, 0.1) is 0 Å². The van der Waals surface area contributed by atoms with Gasteiger partial charge in [-0.3, -0.25) is 9.59 Å². The maximum atomic E-state index is 13.6. The van der Waals surface area contributed by atoms with Crippen LogP contribution in [0.2, 0.25) is 0 Å². The van der Waals surface area contributed by atoms with Crippen molar-refractivity contribution in [1.29, 1.82) is 0 Å². The lowest BCUT2D eigenvalue weighted by molar-refractivity contribution is -0.142. The van der Waals surface area contributed by atoms with E-state index in [2.05, 4.69) is 15.2 Å². The molecule has 0 fully saturated rings. The number of aromatic nitrogens is 2. The number of carbonyl (C=O) groups excluding carboxylic acids is 1. The molecule has 1 aromatic carbocycles. The number of rotatable bonds is 10. The molecule has 0 aliphatic carbocycles. The minimum absolute atomic E-state index is 0.0171. The van der Waals surface area contributed by atoms with E-state index in [9.17, 15) is 22.8 Å². The number of nitrogens with one attached hydrogen (secondary N) is 1. The minimum atomic E-state index is -4.88. The molecule has 0 amide bonds. The first kappa shape index (κ1) is 24.2. The molecule has 170 valence electrons. The Kier molecular flexibility index (Phi) is 8.43. The zero-order chi connectivity index (χ0) is 23.0. The van der Waals surface area contributed by atoms with Gasteiger partial charge in [0.25, 0.3) is 5.56 Å². The monoisotopic (exact) mass is 443 g/mol. The van der Waals surface area contributed by atoms with Crippen LogP contribution in [0.1, 0.15) is 24.5 Å². The Morgan fingerprint density at radius 3 is 2.48 bits per heavy atom. The van der Waals surface area contributed by atoms with Crippen molar-refractivity contribution in [3.63, 3.8) is 0 Å². The molecule has 1 heterocycles. The molecule has 0 radical (unpaired) electrons. The van der Waals surface area contributed by atoms with E-state index in [0.717, 1.165) is 10.9 Å². The van der Waals surface area contributed by atoms with Gasteiger partial charge in [0.2, 0.25) is 0 Å². The van der Waals surface area contributed by atoms with Crippen LogP contribution in [0.3, 0.4) is 0 Å². The number of ether oxygens (including phenoxy) is 3. The van der Waals surface area contributed by atoms with E-state index >= 15 is 0 Å². The summed E-state index contributed by atoms with van der Waals surface area (Å²) >= 11 is 0. The van der Waals surface area contributed by atoms with Crippen molar-refractivity contribution in [2.45, 2.75) is 32.1 Å². The van der Waals surface area contributed by atoms with Crippen LogP contribution in [-0.2, 0) is 27.0 Å². The van der Waals surface area contributed by atoms with Crippen molar-refractivity contribution >= 4 is 11.7 Å². The third-order valence-electron chi connectivity index (χ3n) is 4.27. The average Bonchev–Trinajstić information content (AvgIpc) is 2.72. The molecular weight excluding hydrogens is 419 g/mol. The molecule has 0 saturated carbocycles. The van der Waals surface area contributed by atoms with Crippen molar-refractivity contribution in [3.8, 4) is 5.75 Å². The fourth-order valence-corrected chi connectivity index (χ4v) is 2.71. The van der Waals surface area contributed by atoms with Crippen molar-refractivity contribution in [1.82, 2.24) is 9.78 Å². The van der Waals surface area contributed by atoms with Gasteiger partial charge < -0.3 is 19.5 Å². The SMILES string of the molecule is COC(=O)CCOCC(C)Nc1cnn(Cc2ccc(OC)cc2)c(=O)c1C(F)(F)F. The van der Waals surface area contributed by atoms with E-state index in [0.29, 0.717) is 11.3 Å². The van der Waals surface area contributed by atoms with Crippen molar-refractivity contribution < 1.29 is 32.2 Å². The highest BCUT2D eigenvalue weighted by atomic mass is 19.4. The Hall–Kier alpha value is -3.08. The molecule has 2 rings (SSSR count). The van der Waals surface area contributed by atoms with Crippen molar-refractivity contribution in [2.24, 2.45) is 0 Å². The van der Waals surface area contributed by atoms with Crippen LogP contribution in [0.15, 0.2) is 35.3 Å². The maximum Gasteiger partial charge on any atom is 0.423 e. The molecule has 0 aliphatic rings. The van der Waals surface area contributed by atoms with Gasteiger partial charge in [-0.2, -0.15) is 18.3 Å². The smallest absolute Gasteiger partial charge is 0.423 e. The van der Waals surface area contributed by atoms with Crippen LogP contribution in [0.4, 0.5) is 18.9 Å². The lowest BCUT2D eigenvalue weighted by atomic mass is 10.2. The molecule has 0 aliphatic heterocycles. The molecular formula is C20H24F3N3O5. The number of nitrogens with zero attached hydrogens (tertiary/aromatic N) is 2. The molecule has 11 heteroatoms. The highest BCUT2D eigenvalue weighted by Crippen LogP contribution is 2.32. The zero-order valence-corrected chi connectivity index (χ0v) is 17.4. The first-order chi connectivity index (χ1) is 14.7. The summed E-state index contributed by atoms with van der Waals surface area (Å²) in [5.41, 5.74) is -2.44. The molecule has 1 N–H and O–H groups in total. The van der Waals surface area contributed by atoms with E-state index in [4.69, 9.17) is 9.47 Å². The molecule has 0 bridgehead atoms. The topological polar surface area (TPSA) is 91.7 Å². The van der Waals surface area contributed by atoms with E-state index in [1.807, 2.05) is 0 Å². The van der Waals surface area contributed by atoms with E-state index < -0.39 is 35.0 Å². The summed E-state index contributed by atoms with van der Waals surface area (Å²) in [6.07, 6.45) is -3.88. The lowest BCUT2D eigenvalue weighted by Crippen LogP contribution is -2.34. The van der Waals surface area contributed by atoms with Gasteiger partial charge in [-0.1, -0.05) is 12.1 Å². The third kappa shape index (κ3) is 6.99. The fraction of sp³-hybridized carbons (Fsp3) is 0.450. The number of carbonyl (C=O) groups is 1. The van der Waals surface area contributed by atoms with E-state index in [1.54, 1.807) is 31.2 Å². The Bertz CT molecular complexity index is 929. The Morgan fingerprint density at radius 1 is 1.23 bits per heavy atom. The number of hydrogen-bond donors (Lipinski definition) is 1. The quantitative estimate of drug-likeness (QED) is 0.446. The molecule has 1 atom stereocenters. The zero-order valence-electron chi connectivity index (χ0n) is 17.4. The van der Waals surface area contributed by atoms with E-state index in [1.165, 1.54) is 14.2 Å². The Morgan fingerprint density at radius 2 is 1.90 bits per heavy atom. The number of methoxy groups -OCH3 is 2. The molecule has 8 nitrogen and oxygen atoms in total. The fourth-order valence-electron chi connectivity index (χ4n) is 2.71. The molecule has 1 unspecified atom stereocenters. The highest BCUT2D eigenvalue weighted by Gasteiger charge is 2.38. The summed E-state index contributed by atoms with van der Waals surface area (Å²) < 4.78 is 56.4. The number of hydrogen-bond acceptors (Lipinski definition) is 7. The standard InChI is InChI=1S/C20H24F3N3O5/c1-13(12-31-9-8-17(27)30-3)25-16-10-24-26(19(28)18(16)20(21,22)23)11-14-4-6-15(29-2)7-5-14/h4-7,10,13,25H,8-9,11-12H2,1-3H3. The van der Waals surface area contributed by atoms with Crippen LogP contribution in [0.5, 0.6) is 5.75 Å². The summed E-state index contributed by atoms with van der Waals surface area (Å²) in [4.78, 5) is 23.6. The number of esters is 1. The Labute approximate surface area is 176 Å². The summed E-state index contributed by atoms with van der Waals surface area (Å²) in [5, 5.41) is 6.50. The van der Waals surface area contributed by atoms with Gasteiger partial charge in [-0.25, -0.2) is 4.68 Å². The van der Waals surface area contributed by atoms with Gasteiger partial charge in [-0.05, 0) is 24.6 Å². The second-order valence-electron chi connectivity index (χ2n) is 6.69. The van der Waals surface area contributed by atoms with Gasteiger partial charge >= 0.3 is 12.1 Å². The first-order valence-electron chi connectivity index (χ1n) is 9.37. The van der Waals surface area contributed by atoms with Gasteiger partial charge in [-0.15, -0.1) is 0 Å².